The van der Waals surface area contributed by atoms with E-state index in [0.29, 0.717) is 12.4 Å². The topological polar surface area (TPSA) is 66.8 Å². The average molecular weight is 327 g/mol. The van der Waals surface area contributed by atoms with E-state index < -0.39 is 0 Å². The van der Waals surface area contributed by atoms with Crippen molar-refractivity contribution in [3.05, 3.63) is 57.1 Å². The van der Waals surface area contributed by atoms with Crippen molar-refractivity contribution in [1.82, 2.24) is 24.6 Å². The Bertz CT molecular complexity index is 880. The minimum absolute atomic E-state index is 0.0203. The Labute approximate surface area is 137 Å². The van der Waals surface area contributed by atoms with Gasteiger partial charge in [-0.05, 0) is 17.5 Å². The molecular weight excluding hydrogens is 310 g/mol. The van der Waals surface area contributed by atoms with Gasteiger partial charge >= 0.3 is 0 Å². The Morgan fingerprint density at radius 2 is 2.30 bits per heavy atom. The van der Waals surface area contributed by atoms with Crippen LogP contribution in [0.4, 0.5) is 0 Å². The molecule has 0 unspecified atom stereocenters. The summed E-state index contributed by atoms with van der Waals surface area (Å²) in [6.07, 6.45) is 2.60. The van der Waals surface area contributed by atoms with E-state index in [1.54, 1.807) is 17.5 Å². The quantitative estimate of drug-likeness (QED) is 0.796. The molecule has 0 fully saturated rings. The molecule has 3 aromatic rings. The largest absolute Gasteiger partial charge is 0.306 e. The maximum atomic E-state index is 12.5. The van der Waals surface area contributed by atoms with Crippen LogP contribution in [0.1, 0.15) is 17.0 Å². The van der Waals surface area contributed by atoms with Crippen LogP contribution in [0.3, 0.4) is 0 Å². The van der Waals surface area contributed by atoms with E-state index in [4.69, 9.17) is 0 Å². The summed E-state index contributed by atoms with van der Waals surface area (Å²) < 4.78 is 1.87. The summed E-state index contributed by atoms with van der Waals surface area (Å²) in [5.74, 6) is 0.684. The van der Waals surface area contributed by atoms with Gasteiger partial charge in [-0.1, -0.05) is 6.07 Å². The third-order valence-corrected chi connectivity index (χ3v) is 5.09. The highest BCUT2D eigenvalue weighted by Crippen LogP contribution is 2.22. The molecule has 0 spiro atoms. The number of hydrogen-bond acceptors (Lipinski definition) is 5. The van der Waals surface area contributed by atoms with E-state index in [1.165, 1.54) is 0 Å². The summed E-state index contributed by atoms with van der Waals surface area (Å²) >= 11 is 1.59. The van der Waals surface area contributed by atoms with Gasteiger partial charge < -0.3 is 4.98 Å². The monoisotopic (exact) mass is 327 g/mol. The third kappa shape index (κ3) is 2.73. The summed E-state index contributed by atoms with van der Waals surface area (Å²) in [4.78, 5) is 23.3. The molecule has 1 aliphatic heterocycles. The van der Waals surface area contributed by atoms with Crippen LogP contribution in [-0.2, 0) is 26.6 Å². The van der Waals surface area contributed by atoms with E-state index in [9.17, 15) is 4.79 Å². The fraction of sp³-hybridized carbons (Fsp3) is 0.312. The van der Waals surface area contributed by atoms with Gasteiger partial charge in [0.2, 0.25) is 0 Å². The molecule has 0 aliphatic carbocycles. The zero-order chi connectivity index (χ0) is 15.8. The number of thiophene rings is 1. The molecule has 1 aliphatic rings. The second-order valence-electron chi connectivity index (χ2n) is 5.72. The van der Waals surface area contributed by atoms with Crippen molar-refractivity contribution in [2.75, 3.05) is 6.54 Å². The van der Waals surface area contributed by atoms with E-state index in [2.05, 4.69) is 20.0 Å². The van der Waals surface area contributed by atoms with Gasteiger partial charge in [-0.15, -0.1) is 11.3 Å². The van der Waals surface area contributed by atoms with Crippen molar-refractivity contribution >= 4 is 11.3 Å². The predicted octanol–water partition coefficient (Wildman–Crippen LogP) is 1.79. The molecule has 7 heteroatoms. The number of nitrogens with one attached hydrogen (secondary N) is 1. The Morgan fingerprint density at radius 1 is 1.39 bits per heavy atom. The van der Waals surface area contributed by atoms with Gasteiger partial charge in [0, 0.05) is 39.3 Å². The average Bonchev–Trinajstić information content (AvgIpc) is 3.20. The van der Waals surface area contributed by atoms with Crippen molar-refractivity contribution < 1.29 is 0 Å². The highest BCUT2D eigenvalue weighted by molar-refractivity contribution is 7.13. The molecule has 6 nitrogen and oxygen atoms in total. The molecule has 4 heterocycles. The van der Waals surface area contributed by atoms with Gasteiger partial charge in [0.1, 0.15) is 0 Å². The van der Waals surface area contributed by atoms with Crippen molar-refractivity contribution in [1.29, 1.82) is 0 Å². The summed E-state index contributed by atoms with van der Waals surface area (Å²) in [6, 6.07) is 5.96. The van der Waals surface area contributed by atoms with Gasteiger partial charge in [-0.2, -0.15) is 5.10 Å². The van der Waals surface area contributed by atoms with E-state index in [1.807, 2.05) is 35.3 Å². The number of nitrogens with zero attached hydrogens (tertiary/aromatic N) is 4. The number of aromatic nitrogens is 4. The molecule has 0 saturated carbocycles. The maximum absolute atomic E-state index is 12.5. The normalized spacial score (nSPS) is 14.8. The first-order valence-electron chi connectivity index (χ1n) is 7.56. The lowest BCUT2D eigenvalue weighted by Gasteiger charge is -2.27. The van der Waals surface area contributed by atoms with Crippen LogP contribution in [0, 0.1) is 0 Å². The van der Waals surface area contributed by atoms with E-state index in [-0.39, 0.29) is 5.56 Å². The minimum atomic E-state index is -0.0203. The Morgan fingerprint density at radius 3 is 3.04 bits per heavy atom. The highest BCUT2D eigenvalue weighted by Gasteiger charge is 2.22. The van der Waals surface area contributed by atoms with Crippen molar-refractivity contribution in [2.45, 2.75) is 19.5 Å². The molecule has 118 valence electrons. The first kappa shape index (κ1) is 14.3. The van der Waals surface area contributed by atoms with Crippen LogP contribution in [0.2, 0.25) is 0 Å². The molecule has 0 bridgehead atoms. The molecule has 0 saturated heterocycles. The summed E-state index contributed by atoms with van der Waals surface area (Å²) in [5, 5.41) is 6.19. The zero-order valence-corrected chi connectivity index (χ0v) is 13.6. The highest BCUT2D eigenvalue weighted by atomic mass is 32.1. The maximum Gasteiger partial charge on any atom is 0.255 e. The third-order valence-electron chi connectivity index (χ3n) is 4.21. The van der Waals surface area contributed by atoms with Crippen LogP contribution < -0.4 is 5.56 Å². The van der Waals surface area contributed by atoms with Gasteiger partial charge in [-0.3, -0.25) is 14.4 Å². The van der Waals surface area contributed by atoms with Gasteiger partial charge in [0.25, 0.3) is 5.56 Å². The zero-order valence-electron chi connectivity index (χ0n) is 12.8. The van der Waals surface area contributed by atoms with E-state index in [0.717, 1.165) is 41.3 Å². The fourth-order valence-corrected chi connectivity index (χ4v) is 3.60. The molecule has 23 heavy (non-hydrogen) atoms. The Hall–Kier alpha value is -2.25. The Balaban J connectivity index is 1.60. The first-order chi connectivity index (χ1) is 11.2. The second kappa shape index (κ2) is 5.75. The number of fused-ring (bicyclic) bond motifs is 1. The molecule has 0 amide bonds. The van der Waals surface area contributed by atoms with Gasteiger partial charge in [0.05, 0.1) is 21.8 Å². The molecule has 0 atom stereocenters. The number of hydrogen-bond donors (Lipinski definition) is 1. The van der Waals surface area contributed by atoms with Gasteiger partial charge in [-0.25, -0.2) is 4.98 Å². The number of aromatic amines is 1. The van der Waals surface area contributed by atoms with Crippen LogP contribution in [-0.4, -0.2) is 31.2 Å². The molecule has 4 rings (SSSR count). The SMILES string of the molecule is Cn1nccc1CN1CCc2nc(-c3cccs3)[nH]c(=O)c2C1. The fourth-order valence-electron chi connectivity index (χ4n) is 2.93. The second-order valence-corrected chi connectivity index (χ2v) is 6.67. The van der Waals surface area contributed by atoms with Crippen LogP contribution in [0.25, 0.3) is 10.7 Å². The number of rotatable bonds is 3. The van der Waals surface area contributed by atoms with Crippen molar-refractivity contribution in [3.63, 3.8) is 0 Å². The minimum Gasteiger partial charge on any atom is -0.306 e. The summed E-state index contributed by atoms with van der Waals surface area (Å²) in [7, 11) is 1.94. The smallest absolute Gasteiger partial charge is 0.255 e. The number of aryl methyl sites for hydroxylation is 1. The molecule has 1 N–H and O–H groups in total. The molecular formula is C16H17N5OS. The van der Waals surface area contributed by atoms with Crippen LogP contribution in [0.15, 0.2) is 34.6 Å². The lowest BCUT2D eigenvalue weighted by Crippen LogP contribution is -2.35. The summed E-state index contributed by atoms with van der Waals surface area (Å²) in [6.45, 7) is 2.33. The first-order valence-corrected chi connectivity index (χ1v) is 8.44. The van der Waals surface area contributed by atoms with Crippen LogP contribution >= 0.6 is 11.3 Å². The van der Waals surface area contributed by atoms with Gasteiger partial charge in [0.15, 0.2) is 5.82 Å². The lowest BCUT2D eigenvalue weighted by molar-refractivity contribution is 0.235. The number of H-pyrrole nitrogens is 1. The molecule has 0 radical (unpaired) electrons. The predicted molar refractivity (Wildman–Crippen MR) is 89.2 cm³/mol. The van der Waals surface area contributed by atoms with Crippen molar-refractivity contribution in [3.8, 4) is 10.7 Å². The molecule has 0 aromatic carbocycles. The standard InChI is InChI=1S/C16H17N5OS/c1-20-11(4-6-17-20)9-21-7-5-13-12(10-21)16(22)19-15(18-13)14-3-2-8-23-14/h2-4,6,8H,5,7,9-10H2,1H3,(H,18,19,22). The van der Waals surface area contributed by atoms with E-state index >= 15 is 0 Å². The van der Waals surface area contributed by atoms with Crippen molar-refractivity contribution in [2.24, 2.45) is 7.05 Å². The Kier molecular flexibility index (Phi) is 3.59. The summed E-state index contributed by atoms with van der Waals surface area (Å²) in [5.41, 5.74) is 2.85. The molecule has 3 aromatic heterocycles. The lowest BCUT2D eigenvalue weighted by atomic mass is 10.1. The van der Waals surface area contributed by atoms with Crippen LogP contribution in [0.5, 0.6) is 0 Å².